The molecule has 3 heterocycles. The van der Waals surface area contributed by atoms with Gasteiger partial charge in [0.15, 0.2) is 0 Å². The normalized spacial score (nSPS) is 24.6. The number of aromatic nitrogens is 1. The number of rotatable bonds is 7. The summed E-state index contributed by atoms with van der Waals surface area (Å²) in [5.41, 5.74) is 12.7. The van der Waals surface area contributed by atoms with Crippen molar-refractivity contribution in [1.29, 1.82) is 0 Å². The van der Waals surface area contributed by atoms with Crippen LogP contribution >= 0.6 is 0 Å². The molecule has 2 aliphatic heterocycles. The first kappa shape index (κ1) is 20.7. The van der Waals surface area contributed by atoms with E-state index in [2.05, 4.69) is 37.9 Å². The summed E-state index contributed by atoms with van der Waals surface area (Å²) in [6, 6.07) is 4.76. The van der Waals surface area contributed by atoms with Crippen LogP contribution in [0.5, 0.6) is 0 Å². The lowest BCUT2D eigenvalue weighted by atomic mass is 9.90. The van der Waals surface area contributed by atoms with Crippen LogP contribution in [-0.4, -0.2) is 52.5 Å². The van der Waals surface area contributed by atoms with Gasteiger partial charge in [-0.1, -0.05) is 25.3 Å². The first-order chi connectivity index (χ1) is 14.3. The third kappa shape index (κ3) is 5.96. The number of carbonyl (C=O) groups is 1. The maximum Gasteiger partial charge on any atom is 0.225 e. The van der Waals surface area contributed by atoms with Gasteiger partial charge in [0.2, 0.25) is 5.91 Å². The highest BCUT2D eigenvalue weighted by Gasteiger charge is 2.30. The van der Waals surface area contributed by atoms with E-state index >= 15 is 0 Å². The van der Waals surface area contributed by atoms with Crippen molar-refractivity contribution in [2.45, 2.75) is 70.1 Å². The van der Waals surface area contributed by atoms with Crippen molar-refractivity contribution >= 4 is 5.91 Å². The Morgan fingerprint density at radius 1 is 1.14 bits per heavy atom. The Labute approximate surface area is 173 Å². The molecule has 29 heavy (non-hydrogen) atoms. The van der Waals surface area contributed by atoms with Crippen LogP contribution in [0.4, 0.5) is 0 Å². The first-order valence-corrected chi connectivity index (χ1v) is 11.2. The van der Waals surface area contributed by atoms with Gasteiger partial charge in [0.25, 0.3) is 0 Å². The molecule has 4 N–H and O–H groups in total. The van der Waals surface area contributed by atoms with Gasteiger partial charge in [-0.3, -0.25) is 9.78 Å². The molecule has 8 heteroatoms. The van der Waals surface area contributed by atoms with E-state index in [0.717, 1.165) is 24.7 Å². The van der Waals surface area contributed by atoms with Crippen molar-refractivity contribution in [3.05, 3.63) is 30.1 Å². The Morgan fingerprint density at radius 2 is 1.97 bits per heavy atom. The van der Waals surface area contributed by atoms with Crippen molar-refractivity contribution in [3.63, 3.8) is 0 Å². The Balaban J connectivity index is 1.38. The van der Waals surface area contributed by atoms with Crippen molar-refractivity contribution in [3.8, 4) is 0 Å². The van der Waals surface area contributed by atoms with Gasteiger partial charge >= 0.3 is 0 Å². The van der Waals surface area contributed by atoms with Crippen LogP contribution in [0.3, 0.4) is 0 Å². The van der Waals surface area contributed by atoms with E-state index in [4.69, 9.17) is 0 Å². The molecule has 1 aliphatic carbocycles. The number of likely N-dealkylation sites (tertiary alicyclic amines) is 1. The van der Waals surface area contributed by atoms with Crippen LogP contribution in [0, 0.1) is 5.92 Å². The molecule has 2 saturated heterocycles. The number of nitrogens with zero attached hydrogens (tertiary/aromatic N) is 3. The molecule has 1 atom stereocenters. The standard InChI is InChI=1S/C21H35N7O/c29-21(12-20-23-25-26-24-20)28(14-17-6-4-10-22-13-17)16-18-7-5-11-27(15-18)19-8-2-1-3-9-19/h4,6,10,13,18-20,23-26H,1-3,5,7-9,11-12,14-16H2. The van der Waals surface area contributed by atoms with E-state index in [0.29, 0.717) is 18.9 Å². The molecular formula is C21H35N7O. The minimum absolute atomic E-state index is 0.107. The van der Waals surface area contributed by atoms with Gasteiger partial charge < -0.3 is 9.80 Å². The molecular weight excluding hydrogens is 366 g/mol. The summed E-state index contributed by atoms with van der Waals surface area (Å²) in [6.07, 6.45) is 13.2. The predicted molar refractivity (Wildman–Crippen MR) is 112 cm³/mol. The van der Waals surface area contributed by atoms with E-state index < -0.39 is 0 Å². The van der Waals surface area contributed by atoms with Gasteiger partial charge in [-0.15, -0.1) is 0 Å². The molecule has 0 radical (unpaired) electrons. The summed E-state index contributed by atoms with van der Waals surface area (Å²) in [6.45, 7) is 3.81. The summed E-state index contributed by atoms with van der Waals surface area (Å²) < 4.78 is 0. The van der Waals surface area contributed by atoms with Crippen LogP contribution < -0.4 is 21.9 Å². The second kappa shape index (κ2) is 10.4. The fraction of sp³-hybridized carbons (Fsp3) is 0.714. The fourth-order valence-corrected chi connectivity index (χ4v) is 4.99. The average molecular weight is 402 g/mol. The lowest BCUT2D eigenvalue weighted by Gasteiger charge is -2.41. The zero-order valence-electron chi connectivity index (χ0n) is 17.3. The molecule has 0 bridgehead atoms. The van der Waals surface area contributed by atoms with E-state index in [1.54, 1.807) is 6.20 Å². The van der Waals surface area contributed by atoms with Crippen LogP contribution in [0.2, 0.25) is 0 Å². The van der Waals surface area contributed by atoms with E-state index in [1.165, 1.54) is 51.5 Å². The Hall–Kier alpha value is -1.58. The summed E-state index contributed by atoms with van der Waals surface area (Å²) in [4.78, 5) is 22.1. The van der Waals surface area contributed by atoms with E-state index in [1.807, 2.05) is 17.2 Å². The summed E-state index contributed by atoms with van der Waals surface area (Å²) in [5.74, 6) is 0.714. The number of amides is 1. The summed E-state index contributed by atoms with van der Waals surface area (Å²) in [7, 11) is 0. The maximum absolute atomic E-state index is 13.1. The molecule has 1 aromatic rings. The molecule has 1 unspecified atom stereocenters. The van der Waals surface area contributed by atoms with Gasteiger partial charge in [-0.25, -0.2) is 10.9 Å². The molecule has 4 rings (SSSR count). The zero-order valence-corrected chi connectivity index (χ0v) is 17.3. The molecule has 1 amide bonds. The van der Waals surface area contributed by atoms with E-state index in [-0.39, 0.29) is 12.1 Å². The summed E-state index contributed by atoms with van der Waals surface area (Å²) in [5, 5.41) is 0. The largest absolute Gasteiger partial charge is 0.338 e. The van der Waals surface area contributed by atoms with Crippen LogP contribution in [-0.2, 0) is 11.3 Å². The maximum atomic E-state index is 13.1. The monoisotopic (exact) mass is 401 g/mol. The molecule has 3 fully saturated rings. The van der Waals surface area contributed by atoms with E-state index in [9.17, 15) is 4.79 Å². The minimum atomic E-state index is -0.107. The summed E-state index contributed by atoms with van der Waals surface area (Å²) >= 11 is 0. The molecule has 0 spiro atoms. The average Bonchev–Trinajstić information content (AvgIpc) is 3.28. The smallest absolute Gasteiger partial charge is 0.225 e. The van der Waals surface area contributed by atoms with Crippen LogP contribution in [0.15, 0.2) is 24.5 Å². The van der Waals surface area contributed by atoms with Crippen LogP contribution in [0.1, 0.15) is 56.9 Å². The lowest BCUT2D eigenvalue weighted by molar-refractivity contribution is -0.133. The fourth-order valence-electron chi connectivity index (χ4n) is 4.99. The van der Waals surface area contributed by atoms with Crippen LogP contribution in [0.25, 0.3) is 0 Å². The number of hydrogen-bond acceptors (Lipinski definition) is 7. The molecule has 0 aromatic carbocycles. The number of pyridine rings is 1. The topological polar surface area (TPSA) is 84.6 Å². The second-order valence-corrected chi connectivity index (χ2v) is 8.73. The highest BCUT2D eigenvalue weighted by molar-refractivity contribution is 5.76. The third-order valence-corrected chi connectivity index (χ3v) is 6.50. The van der Waals surface area contributed by atoms with Gasteiger partial charge in [0.1, 0.15) is 0 Å². The minimum Gasteiger partial charge on any atom is -0.338 e. The lowest BCUT2D eigenvalue weighted by Crippen LogP contribution is -2.48. The van der Waals surface area contributed by atoms with Crippen molar-refractivity contribution in [2.24, 2.45) is 5.92 Å². The third-order valence-electron chi connectivity index (χ3n) is 6.50. The first-order valence-electron chi connectivity index (χ1n) is 11.2. The molecule has 8 nitrogen and oxygen atoms in total. The SMILES string of the molecule is O=C(CC1NNNN1)N(Cc1cccnc1)CC1CCCN(C2CCCCC2)C1. The molecule has 3 aliphatic rings. The Kier molecular flexibility index (Phi) is 7.45. The number of nitrogens with one attached hydrogen (secondary N) is 4. The molecule has 1 aromatic heterocycles. The predicted octanol–water partition coefficient (Wildman–Crippen LogP) is 1.29. The number of hydrazine groups is 3. The van der Waals surface area contributed by atoms with Crippen molar-refractivity contribution < 1.29 is 4.79 Å². The second-order valence-electron chi connectivity index (χ2n) is 8.73. The van der Waals surface area contributed by atoms with Gasteiger partial charge in [0.05, 0.1) is 12.6 Å². The highest BCUT2D eigenvalue weighted by Crippen LogP contribution is 2.28. The molecule has 160 valence electrons. The Bertz CT molecular complexity index is 631. The molecule has 1 saturated carbocycles. The Morgan fingerprint density at radius 3 is 2.72 bits per heavy atom. The van der Waals surface area contributed by atoms with Gasteiger partial charge in [-0.05, 0) is 49.8 Å². The van der Waals surface area contributed by atoms with Crippen molar-refractivity contribution in [2.75, 3.05) is 19.6 Å². The van der Waals surface area contributed by atoms with Gasteiger partial charge in [-0.2, -0.15) is 11.1 Å². The number of hydrogen-bond donors (Lipinski definition) is 4. The van der Waals surface area contributed by atoms with Gasteiger partial charge in [0, 0.05) is 38.1 Å². The number of piperidine rings is 1. The van der Waals surface area contributed by atoms with Crippen molar-refractivity contribution in [1.82, 2.24) is 36.7 Å². The highest BCUT2D eigenvalue weighted by atomic mass is 16.2. The quantitative estimate of drug-likeness (QED) is 0.548. The number of carbonyl (C=O) groups excluding carboxylic acids is 1. The zero-order chi connectivity index (χ0) is 19.9.